The summed E-state index contributed by atoms with van der Waals surface area (Å²) in [7, 11) is 0. The number of nitrogens with zero attached hydrogens (tertiary/aromatic N) is 1. The molecule has 0 unspecified atom stereocenters. The van der Waals surface area contributed by atoms with Gasteiger partial charge in [-0.15, -0.1) is 11.3 Å². The van der Waals surface area contributed by atoms with Crippen molar-refractivity contribution < 1.29 is 9.90 Å². The Bertz CT molecular complexity index is 629. The Morgan fingerprint density at radius 3 is 2.58 bits per heavy atom. The Balaban J connectivity index is 2.66. The van der Waals surface area contributed by atoms with Crippen LogP contribution in [0.5, 0.6) is 0 Å². The molecule has 19 heavy (non-hydrogen) atoms. The topological polar surface area (TPSA) is 50.2 Å². The zero-order valence-corrected chi connectivity index (χ0v) is 12.3. The maximum atomic E-state index is 11.4. The Morgan fingerprint density at radius 1 is 1.32 bits per heavy atom. The summed E-state index contributed by atoms with van der Waals surface area (Å²) in [5.41, 5.74) is 3.34. The minimum atomic E-state index is -0.959. The van der Waals surface area contributed by atoms with Crippen LogP contribution in [0.25, 0.3) is 10.4 Å². The average molecular weight is 275 g/mol. The Labute approximate surface area is 116 Å². The molecule has 0 saturated heterocycles. The van der Waals surface area contributed by atoms with Gasteiger partial charge in [0.25, 0.3) is 0 Å². The van der Waals surface area contributed by atoms with Crippen LogP contribution in [0.3, 0.4) is 0 Å². The lowest BCUT2D eigenvalue weighted by atomic mass is 10.0. The third kappa shape index (κ3) is 2.68. The molecule has 0 aliphatic rings. The molecule has 100 valence electrons. The minimum Gasteiger partial charge on any atom is -0.476 e. The number of aryl methyl sites for hydroxylation is 2. The molecule has 0 aliphatic carbocycles. The van der Waals surface area contributed by atoms with Gasteiger partial charge in [0.05, 0.1) is 9.88 Å². The van der Waals surface area contributed by atoms with Gasteiger partial charge in [0.15, 0.2) is 5.69 Å². The molecule has 0 bridgehead atoms. The molecule has 0 amide bonds. The Hall–Kier alpha value is -1.68. The van der Waals surface area contributed by atoms with Crippen LogP contribution in [0.15, 0.2) is 18.2 Å². The van der Waals surface area contributed by atoms with E-state index in [1.54, 1.807) is 0 Å². The lowest BCUT2D eigenvalue weighted by Gasteiger charge is -2.05. The SMILES string of the molecule is Cc1ccc(C)c(-c2sc(C(C)C)nc2C(=O)O)c1. The van der Waals surface area contributed by atoms with Gasteiger partial charge in [0.1, 0.15) is 0 Å². The summed E-state index contributed by atoms with van der Waals surface area (Å²) in [6, 6.07) is 6.08. The quantitative estimate of drug-likeness (QED) is 0.911. The molecule has 0 fully saturated rings. The van der Waals surface area contributed by atoms with Gasteiger partial charge in [0.2, 0.25) is 0 Å². The number of hydrogen-bond donors (Lipinski definition) is 1. The summed E-state index contributed by atoms with van der Waals surface area (Å²) in [4.78, 5) is 16.4. The fourth-order valence-corrected chi connectivity index (χ4v) is 3.03. The number of aromatic nitrogens is 1. The number of carboxylic acid groups (broad SMARTS) is 1. The summed E-state index contributed by atoms with van der Waals surface area (Å²) in [6.45, 7) is 8.05. The summed E-state index contributed by atoms with van der Waals surface area (Å²) < 4.78 is 0. The summed E-state index contributed by atoms with van der Waals surface area (Å²) >= 11 is 1.48. The summed E-state index contributed by atoms with van der Waals surface area (Å²) in [6.07, 6.45) is 0. The molecule has 2 aromatic rings. The zero-order valence-electron chi connectivity index (χ0n) is 11.5. The fraction of sp³-hybridized carbons (Fsp3) is 0.333. The number of rotatable bonds is 3. The largest absolute Gasteiger partial charge is 0.476 e. The second kappa shape index (κ2) is 5.13. The van der Waals surface area contributed by atoms with Gasteiger partial charge in [-0.05, 0) is 25.0 Å². The number of carboxylic acids is 1. The number of hydrogen-bond acceptors (Lipinski definition) is 3. The van der Waals surface area contributed by atoms with Crippen molar-refractivity contribution in [2.24, 2.45) is 0 Å². The first-order valence-electron chi connectivity index (χ1n) is 6.21. The van der Waals surface area contributed by atoms with Crippen molar-refractivity contribution in [3.05, 3.63) is 40.0 Å². The highest BCUT2D eigenvalue weighted by molar-refractivity contribution is 7.15. The van der Waals surface area contributed by atoms with Gasteiger partial charge in [-0.25, -0.2) is 9.78 Å². The van der Waals surface area contributed by atoms with Gasteiger partial charge in [-0.1, -0.05) is 37.6 Å². The highest BCUT2D eigenvalue weighted by Crippen LogP contribution is 2.35. The molecule has 0 saturated carbocycles. The molecule has 4 heteroatoms. The first kappa shape index (κ1) is 13.7. The lowest BCUT2D eigenvalue weighted by molar-refractivity contribution is 0.0692. The van der Waals surface area contributed by atoms with Crippen LogP contribution in [-0.4, -0.2) is 16.1 Å². The smallest absolute Gasteiger partial charge is 0.356 e. The number of benzene rings is 1. The van der Waals surface area contributed by atoms with Crippen molar-refractivity contribution in [3.8, 4) is 10.4 Å². The third-order valence-corrected chi connectivity index (χ3v) is 4.37. The molecule has 0 radical (unpaired) electrons. The normalized spacial score (nSPS) is 11.0. The van der Waals surface area contributed by atoms with Gasteiger partial charge in [0, 0.05) is 5.92 Å². The highest BCUT2D eigenvalue weighted by Gasteiger charge is 2.21. The second-order valence-corrected chi connectivity index (χ2v) is 6.04. The van der Waals surface area contributed by atoms with Crippen LogP contribution in [0.1, 0.15) is 46.4 Å². The molecular weight excluding hydrogens is 258 g/mol. The number of thiazole rings is 1. The molecule has 0 spiro atoms. The Morgan fingerprint density at radius 2 is 2.00 bits per heavy atom. The van der Waals surface area contributed by atoms with Crippen LogP contribution >= 0.6 is 11.3 Å². The van der Waals surface area contributed by atoms with Crippen LogP contribution in [0.4, 0.5) is 0 Å². The van der Waals surface area contributed by atoms with E-state index in [1.165, 1.54) is 11.3 Å². The van der Waals surface area contributed by atoms with E-state index in [9.17, 15) is 9.90 Å². The molecule has 1 heterocycles. The number of carbonyl (C=O) groups is 1. The standard InChI is InChI=1S/C15H17NO2S/c1-8(2)14-16-12(15(17)18)13(19-14)11-7-9(3)5-6-10(11)4/h5-8H,1-4H3,(H,17,18). The van der Waals surface area contributed by atoms with Gasteiger partial charge in [-0.2, -0.15) is 0 Å². The van der Waals surface area contributed by atoms with Crippen molar-refractivity contribution in [3.63, 3.8) is 0 Å². The molecular formula is C15H17NO2S. The lowest BCUT2D eigenvalue weighted by Crippen LogP contribution is -2.00. The van der Waals surface area contributed by atoms with Crippen LogP contribution < -0.4 is 0 Å². The number of aromatic carboxylic acids is 1. The van der Waals surface area contributed by atoms with E-state index in [0.29, 0.717) is 0 Å². The molecule has 2 rings (SSSR count). The van der Waals surface area contributed by atoms with Crippen LogP contribution in [0, 0.1) is 13.8 Å². The fourth-order valence-electron chi connectivity index (χ4n) is 1.89. The van der Waals surface area contributed by atoms with Crippen molar-refractivity contribution in [2.75, 3.05) is 0 Å². The maximum absolute atomic E-state index is 11.4. The second-order valence-electron chi connectivity index (χ2n) is 5.01. The van der Waals surface area contributed by atoms with Crippen LogP contribution in [-0.2, 0) is 0 Å². The molecule has 0 aliphatic heterocycles. The average Bonchev–Trinajstić information content (AvgIpc) is 2.77. The maximum Gasteiger partial charge on any atom is 0.356 e. The monoisotopic (exact) mass is 275 g/mol. The Kier molecular flexibility index (Phi) is 3.71. The van der Waals surface area contributed by atoms with E-state index >= 15 is 0 Å². The molecule has 1 N–H and O–H groups in total. The van der Waals surface area contributed by atoms with Crippen LogP contribution in [0.2, 0.25) is 0 Å². The van der Waals surface area contributed by atoms with E-state index in [1.807, 2.05) is 45.9 Å². The molecule has 1 aromatic carbocycles. The zero-order chi connectivity index (χ0) is 14.2. The predicted octanol–water partition coefficient (Wildman–Crippen LogP) is 4.25. The predicted molar refractivity (Wildman–Crippen MR) is 78.1 cm³/mol. The van der Waals surface area contributed by atoms with Crippen molar-refractivity contribution in [1.82, 2.24) is 4.98 Å². The van der Waals surface area contributed by atoms with Crippen molar-refractivity contribution in [1.29, 1.82) is 0 Å². The highest BCUT2D eigenvalue weighted by atomic mass is 32.1. The van der Waals surface area contributed by atoms with Crippen molar-refractivity contribution in [2.45, 2.75) is 33.6 Å². The van der Waals surface area contributed by atoms with Crippen molar-refractivity contribution >= 4 is 17.3 Å². The van der Waals surface area contributed by atoms with Gasteiger partial charge in [-0.3, -0.25) is 0 Å². The van der Waals surface area contributed by atoms with E-state index in [-0.39, 0.29) is 11.6 Å². The van der Waals surface area contributed by atoms with E-state index < -0.39 is 5.97 Å². The summed E-state index contributed by atoms with van der Waals surface area (Å²) in [5.74, 6) is -0.721. The van der Waals surface area contributed by atoms with E-state index in [4.69, 9.17) is 0 Å². The van der Waals surface area contributed by atoms with Gasteiger partial charge < -0.3 is 5.11 Å². The first-order chi connectivity index (χ1) is 8.90. The van der Waals surface area contributed by atoms with E-state index in [0.717, 1.165) is 26.6 Å². The minimum absolute atomic E-state index is 0.169. The van der Waals surface area contributed by atoms with Gasteiger partial charge >= 0.3 is 5.97 Å². The molecule has 3 nitrogen and oxygen atoms in total. The summed E-state index contributed by atoms with van der Waals surface area (Å²) in [5, 5.41) is 10.2. The molecule has 1 aromatic heterocycles. The first-order valence-corrected chi connectivity index (χ1v) is 7.03. The molecule has 0 atom stereocenters. The van der Waals surface area contributed by atoms with E-state index in [2.05, 4.69) is 4.98 Å². The third-order valence-electron chi connectivity index (χ3n) is 2.98.